The topological polar surface area (TPSA) is 59.1 Å². The van der Waals surface area contributed by atoms with Gasteiger partial charge in [0, 0.05) is 18.6 Å². The maximum atomic E-state index is 13.8. The fraction of sp³-hybridized carbons (Fsp3) is 0.263. The molecule has 0 aromatic heterocycles. The van der Waals surface area contributed by atoms with Gasteiger partial charge in [0.2, 0.25) is 5.91 Å². The maximum absolute atomic E-state index is 13.8. The van der Waals surface area contributed by atoms with Crippen molar-refractivity contribution < 1.29 is 23.5 Å². The van der Waals surface area contributed by atoms with Gasteiger partial charge in [-0.1, -0.05) is 17.7 Å². The van der Waals surface area contributed by atoms with E-state index in [9.17, 15) is 14.0 Å². The minimum Gasteiger partial charge on any atom is -0.494 e. The van der Waals surface area contributed by atoms with Crippen LogP contribution in [0.15, 0.2) is 36.4 Å². The predicted octanol–water partition coefficient (Wildman–Crippen LogP) is 2.87. The number of carbonyl (C=O) groups is 2. The fourth-order valence-corrected chi connectivity index (χ4v) is 2.94. The van der Waals surface area contributed by atoms with E-state index in [4.69, 9.17) is 21.1 Å². The molecule has 8 heteroatoms. The molecule has 0 saturated heterocycles. The first kappa shape index (κ1) is 19.0. The molecule has 2 aromatic carbocycles. The molecule has 0 bridgehead atoms. The Morgan fingerprint density at radius 3 is 2.81 bits per heavy atom. The lowest BCUT2D eigenvalue weighted by Crippen LogP contribution is -2.45. The lowest BCUT2D eigenvalue weighted by Gasteiger charge is -2.30. The number of methoxy groups -OCH3 is 1. The minimum atomic E-state index is -0.497. The van der Waals surface area contributed by atoms with Gasteiger partial charge in [-0.15, -0.1) is 0 Å². The average molecular weight is 393 g/mol. The Hall–Kier alpha value is -2.80. The van der Waals surface area contributed by atoms with Crippen LogP contribution in [0.1, 0.15) is 5.56 Å². The lowest BCUT2D eigenvalue weighted by molar-refractivity contribution is -0.131. The van der Waals surface area contributed by atoms with Crippen LogP contribution in [0.2, 0.25) is 5.02 Å². The van der Waals surface area contributed by atoms with E-state index in [0.717, 1.165) is 0 Å². The van der Waals surface area contributed by atoms with Gasteiger partial charge in [-0.05, 0) is 35.9 Å². The van der Waals surface area contributed by atoms with Crippen LogP contribution >= 0.6 is 11.6 Å². The number of hydrogen-bond donors (Lipinski definition) is 0. The van der Waals surface area contributed by atoms with Gasteiger partial charge in [-0.2, -0.15) is 0 Å². The molecule has 1 aliphatic rings. The van der Waals surface area contributed by atoms with Crippen molar-refractivity contribution in [1.82, 2.24) is 4.90 Å². The van der Waals surface area contributed by atoms with Crippen molar-refractivity contribution in [1.29, 1.82) is 0 Å². The SMILES string of the molecule is COc1ccc(CN(C)C(=O)CN2C(=O)COc3ccc(Cl)cc32)cc1F. The summed E-state index contributed by atoms with van der Waals surface area (Å²) in [6.45, 7) is -0.110. The quantitative estimate of drug-likeness (QED) is 0.785. The van der Waals surface area contributed by atoms with Crippen LogP contribution in [0.3, 0.4) is 0 Å². The highest BCUT2D eigenvalue weighted by molar-refractivity contribution is 6.31. The van der Waals surface area contributed by atoms with Gasteiger partial charge in [-0.25, -0.2) is 4.39 Å². The van der Waals surface area contributed by atoms with E-state index < -0.39 is 5.82 Å². The molecule has 6 nitrogen and oxygen atoms in total. The average Bonchev–Trinajstić information content (AvgIpc) is 2.64. The van der Waals surface area contributed by atoms with Gasteiger partial charge in [0.05, 0.1) is 12.8 Å². The van der Waals surface area contributed by atoms with E-state index in [-0.39, 0.29) is 37.3 Å². The van der Waals surface area contributed by atoms with Crippen LogP contribution in [-0.4, -0.2) is 44.0 Å². The summed E-state index contributed by atoms with van der Waals surface area (Å²) in [5, 5.41) is 0.437. The largest absolute Gasteiger partial charge is 0.494 e. The van der Waals surface area contributed by atoms with Gasteiger partial charge in [0.1, 0.15) is 12.3 Å². The number of hydrogen-bond acceptors (Lipinski definition) is 4. The first-order valence-corrected chi connectivity index (χ1v) is 8.56. The Morgan fingerprint density at radius 1 is 1.33 bits per heavy atom. The van der Waals surface area contributed by atoms with Crippen molar-refractivity contribution in [2.24, 2.45) is 0 Å². The zero-order valence-corrected chi connectivity index (χ0v) is 15.6. The number of anilines is 1. The number of fused-ring (bicyclic) bond motifs is 1. The van der Waals surface area contributed by atoms with Gasteiger partial charge >= 0.3 is 0 Å². The molecule has 3 rings (SSSR count). The summed E-state index contributed by atoms with van der Waals surface area (Å²) in [6.07, 6.45) is 0. The second-order valence-corrected chi connectivity index (χ2v) is 6.54. The Labute approximate surface area is 161 Å². The third-order valence-electron chi connectivity index (χ3n) is 4.22. The first-order chi connectivity index (χ1) is 12.9. The van der Waals surface area contributed by atoms with Gasteiger partial charge in [-0.3, -0.25) is 14.5 Å². The summed E-state index contributed by atoms with van der Waals surface area (Å²) >= 11 is 6.00. The number of nitrogens with zero attached hydrogens (tertiary/aromatic N) is 2. The van der Waals surface area contributed by atoms with Crippen LogP contribution in [0.25, 0.3) is 0 Å². The molecule has 0 saturated carbocycles. The van der Waals surface area contributed by atoms with E-state index in [1.807, 2.05) is 0 Å². The number of benzene rings is 2. The lowest BCUT2D eigenvalue weighted by atomic mass is 10.2. The summed E-state index contributed by atoms with van der Waals surface area (Å²) in [6, 6.07) is 9.40. The van der Waals surface area contributed by atoms with Crippen molar-refractivity contribution in [3.05, 3.63) is 52.8 Å². The van der Waals surface area contributed by atoms with Gasteiger partial charge < -0.3 is 14.4 Å². The normalized spacial score (nSPS) is 13.0. The molecular formula is C19H18ClFN2O4. The third-order valence-corrected chi connectivity index (χ3v) is 4.45. The van der Waals surface area contributed by atoms with Gasteiger partial charge in [0.15, 0.2) is 18.2 Å². The molecule has 0 radical (unpaired) electrons. The molecule has 2 amide bonds. The Balaban J connectivity index is 1.72. The standard InChI is InChI=1S/C19H18ClFN2O4/c1-22(9-12-3-5-16(26-2)14(21)7-12)18(24)10-23-15-8-13(20)4-6-17(15)27-11-19(23)25/h3-8H,9-11H2,1-2H3. The molecule has 0 atom stereocenters. The van der Waals surface area contributed by atoms with Crippen LogP contribution in [0.5, 0.6) is 11.5 Å². The zero-order chi connectivity index (χ0) is 19.6. The molecule has 2 aromatic rings. The number of amides is 2. The van der Waals surface area contributed by atoms with Crippen LogP contribution in [-0.2, 0) is 16.1 Å². The van der Waals surface area contributed by atoms with Crippen LogP contribution in [0, 0.1) is 5.82 Å². The Morgan fingerprint density at radius 2 is 2.11 bits per heavy atom. The minimum absolute atomic E-state index is 0.139. The van der Waals surface area contributed by atoms with E-state index in [1.54, 1.807) is 31.3 Å². The van der Waals surface area contributed by atoms with E-state index in [2.05, 4.69) is 0 Å². The molecule has 0 N–H and O–H groups in total. The monoisotopic (exact) mass is 392 g/mol. The molecule has 0 aliphatic carbocycles. The van der Waals surface area contributed by atoms with Gasteiger partial charge in [0.25, 0.3) is 5.91 Å². The van der Waals surface area contributed by atoms with Crippen molar-refractivity contribution >= 4 is 29.1 Å². The molecular weight excluding hydrogens is 375 g/mol. The Bertz CT molecular complexity index is 890. The van der Waals surface area contributed by atoms with Crippen molar-refractivity contribution in [3.63, 3.8) is 0 Å². The second-order valence-electron chi connectivity index (χ2n) is 6.10. The number of carbonyl (C=O) groups excluding carboxylic acids is 2. The van der Waals surface area contributed by atoms with Crippen LogP contribution in [0.4, 0.5) is 10.1 Å². The van der Waals surface area contributed by atoms with Crippen molar-refractivity contribution in [3.8, 4) is 11.5 Å². The Kier molecular flexibility index (Phi) is 5.51. The van der Waals surface area contributed by atoms with E-state index >= 15 is 0 Å². The molecule has 1 heterocycles. The highest BCUT2D eigenvalue weighted by Crippen LogP contribution is 2.34. The summed E-state index contributed by atoms with van der Waals surface area (Å²) < 4.78 is 24.1. The van der Waals surface area contributed by atoms with E-state index in [0.29, 0.717) is 22.0 Å². The summed E-state index contributed by atoms with van der Waals surface area (Å²) in [5.74, 6) is -0.496. The summed E-state index contributed by atoms with van der Waals surface area (Å²) in [4.78, 5) is 27.6. The highest BCUT2D eigenvalue weighted by Gasteiger charge is 2.28. The number of ether oxygens (including phenoxy) is 2. The molecule has 0 spiro atoms. The molecule has 0 fully saturated rings. The number of rotatable bonds is 5. The smallest absolute Gasteiger partial charge is 0.265 e. The molecule has 142 valence electrons. The summed E-state index contributed by atoms with van der Waals surface area (Å²) in [5.41, 5.74) is 1.07. The molecule has 27 heavy (non-hydrogen) atoms. The number of likely N-dealkylation sites (N-methyl/N-ethyl adjacent to an activating group) is 1. The van der Waals surface area contributed by atoms with E-state index in [1.165, 1.54) is 29.0 Å². The van der Waals surface area contributed by atoms with Crippen molar-refractivity contribution in [2.45, 2.75) is 6.54 Å². The van der Waals surface area contributed by atoms with Crippen molar-refractivity contribution in [2.75, 3.05) is 32.2 Å². The zero-order valence-electron chi connectivity index (χ0n) is 14.9. The van der Waals surface area contributed by atoms with Crippen LogP contribution < -0.4 is 14.4 Å². The second kappa shape index (κ2) is 7.84. The fourth-order valence-electron chi connectivity index (χ4n) is 2.77. The first-order valence-electron chi connectivity index (χ1n) is 8.18. The number of halogens is 2. The summed E-state index contributed by atoms with van der Waals surface area (Å²) in [7, 11) is 2.98. The predicted molar refractivity (Wildman–Crippen MR) is 98.7 cm³/mol. The molecule has 1 aliphatic heterocycles. The third kappa shape index (κ3) is 4.14. The molecule has 0 unspecified atom stereocenters. The highest BCUT2D eigenvalue weighted by atomic mass is 35.5. The maximum Gasteiger partial charge on any atom is 0.265 e.